The predicted octanol–water partition coefficient (Wildman–Crippen LogP) is 1.67. The zero-order valence-corrected chi connectivity index (χ0v) is 8.30. The van der Waals surface area contributed by atoms with E-state index in [-0.39, 0.29) is 5.54 Å². The predicted molar refractivity (Wildman–Crippen MR) is 49.5 cm³/mol. The smallest absolute Gasteiger partial charge is 0.115 e. The van der Waals surface area contributed by atoms with Gasteiger partial charge in [0, 0.05) is 26.6 Å². The van der Waals surface area contributed by atoms with E-state index in [9.17, 15) is 8.78 Å². The van der Waals surface area contributed by atoms with Gasteiger partial charge < -0.3 is 4.74 Å². The van der Waals surface area contributed by atoms with Gasteiger partial charge in [0.05, 0.1) is 18.5 Å². The van der Waals surface area contributed by atoms with Crippen LogP contribution >= 0.6 is 0 Å². The largest absolute Gasteiger partial charge is 0.383 e. The van der Waals surface area contributed by atoms with Crippen molar-refractivity contribution in [1.29, 1.82) is 0 Å². The molecule has 0 aromatic heterocycles. The molecule has 0 spiro atoms. The first-order valence-electron chi connectivity index (χ1n) is 4.86. The van der Waals surface area contributed by atoms with Crippen molar-refractivity contribution in [3.63, 3.8) is 0 Å². The van der Waals surface area contributed by atoms with Crippen molar-refractivity contribution >= 4 is 0 Å². The Labute approximate surface area is 82.5 Å². The SMILES string of the molecule is COC[C@]12C/C(=C/F)CN1C[C@H](F)C2. The average Bonchev–Trinajstić information content (AvgIpc) is 2.57. The first-order valence-corrected chi connectivity index (χ1v) is 4.86. The Balaban J connectivity index is 2.17. The quantitative estimate of drug-likeness (QED) is 0.677. The first-order chi connectivity index (χ1) is 6.70. The van der Waals surface area contributed by atoms with Crippen molar-refractivity contribution in [2.45, 2.75) is 24.6 Å². The molecule has 80 valence electrons. The lowest BCUT2D eigenvalue weighted by Gasteiger charge is -2.29. The number of ether oxygens (including phenoxy) is 1. The molecule has 0 unspecified atom stereocenters. The minimum absolute atomic E-state index is 0.272. The van der Waals surface area contributed by atoms with Gasteiger partial charge in [0.2, 0.25) is 0 Å². The molecule has 0 radical (unpaired) electrons. The lowest BCUT2D eigenvalue weighted by molar-refractivity contribution is 0.0653. The van der Waals surface area contributed by atoms with Crippen molar-refractivity contribution in [1.82, 2.24) is 4.90 Å². The molecule has 2 nitrogen and oxygen atoms in total. The van der Waals surface area contributed by atoms with Crippen LogP contribution < -0.4 is 0 Å². The summed E-state index contributed by atoms with van der Waals surface area (Å²) in [6.07, 6.45) is 0.949. The lowest BCUT2D eigenvalue weighted by atomic mass is 9.93. The summed E-state index contributed by atoms with van der Waals surface area (Å²) in [5.74, 6) is 0. The van der Waals surface area contributed by atoms with Crippen molar-refractivity contribution in [2.75, 3.05) is 26.8 Å². The maximum Gasteiger partial charge on any atom is 0.115 e. The van der Waals surface area contributed by atoms with Gasteiger partial charge in [-0.3, -0.25) is 4.90 Å². The van der Waals surface area contributed by atoms with Gasteiger partial charge >= 0.3 is 0 Å². The fraction of sp³-hybridized carbons (Fsp3) is 0.800. The summed E-state index contributed by atoms with van der Waals surface area (Å²) >= 11 is 0. The zero-order chi connectivity index (χ0) is 10.2. The molecule has 14 heavy (non-hydrogen) atoms. The van der Waals surface area contributed by atoms with Crippen LogP contribution in [0, 0.1) is 0 Å². The fourth-order valence-corrected chi connectivity index (χ4v) is 2.72. The Morgan fingerprint density at radius 3 is 3.14 bits per heavy atom. The minimum Gasteiger partial charge on any atom is -0.383 e. The van der Waals surface area contributed by atoms with Crippen LogP contribution in [0.4, 0.5) is 8.78 Å². The molecular formula is C10H15F2NO. The highest BCUT2D eigenvalue weighted by atomic mass is 19.1. The topological polar surface area (TPSA) is 12.5 Å². The van der Waals surface area contributed by atoms with Crippen LogP contribution in [0.2, 0.25) is 0 Å². The van der Waals surface area contributed by atoms with Crippen molar-refractivity contribution in [3.05, 3.63) is 11.9 Å². The van der Waals surface area contributed by atoms with Gasteiger partial charge in [0.25, 0.3) is 0 Å². The van der Waals surface area contributed by atoms with E-state index in [4.69, 9.17) is 4.74 Å². The van der Waals surface area contributed by atoms with E-state index < -0.39 is 6.17 Å². The molecule has 0 aromatic rings. The maximum absolute atomic E-state index is 13.2. The average molecular weight is 203 g/mol. The van der Waals surface area contributed by atoms with Crippen molar-refractivity contribution < 1.29 is 13.5 Å². The molecule has 4 heteroatoms. The first kappa shape index (κ1) is 10.1. The molecule has 2 heterocycles. The summed E-state index contributed by atoms with van der Waals surface area (Å²) in [6, 6.07) is 0. The van der Waals surface area contributed by atoms with E-state index in [1.807, 2.05) is 4.90 Å². The second-order valence-electron chi connectivity index (χ2n) is 4.28. The Kier molecular flexibility index (Phi) is 2.58. The number of hydrogen-bond acceptors (Lipinski definition) is 2. The van der Waals surface area contributed by atoms with Gasteiger partial charge in [0.1, 0.15) is 6.17 Å². The Morgan fingerprint density at radius 1 is 1.71 bits per heavy atom. The van der Waals surface area contributed by atoms with Gasteiger partial charge in [-0.15, -0.1) is 0 Å². The van der Waals surface area contributed by atoms with E-state index in [0.29, 0.717) is 38.9 Å². The molecule has 2 atom stereocenters. The highest BCUT2D eigenvalue weighted by Gasteiger charge is 2.50. The second kappa shape index (κ2) is 3.59. The van der Waals surface area contributed by atoms with Crippen LogP contribution in [0.5, 0.6) is 0 Å². The summed E-state index contributed by atoms with van der Waals surface area (Å²) in [6.45, 7) is 1.46. The molecule has 0 aromatic carbocycles. The molecule has 0 saturated carbocycles. The number of methoxy groups -OCH3 is 1. The van der Waals surface area contributed by atoms with Gasteiger partial charge in [0.15, 0.2) is 0 Å². The van der Waals surface area contributed by atoms with E-state index in [2.05, 4.69) is 0 Å². The number of halogens is 2. The molecule has 2 saturated heterocycles. The highest BCUT2D eigenvalue weighted by Crippen LogP contribution is 2.42. The van der Waals surface area contributed by atoms with Crippen LogP contribution in [-0.2, 0) is 4.74 Å². The molecule has 0 N–H and O–H groups in total. The molecular weight excluding hydrogens is 188 g/mol. The molecule has 2 fully saturated rings. The molecule has 0 bridgehead atoms. The summed E-state index contributed by atoms with van der Waals surface area (Å²) in [7, 11) is 1.61. The zero-order valence-electron chi connectivity index (χ0n) is 8.30. The Morgan fingerprint density at radius 2 is 2.50 bits per heavy atom. The van der Waals surface area contributed by atoms with E-state index in [0.717, 1.165) is 5.57 Å². The third-order valence-corrected chi connectivity index (χ3v) is 3.21. The third-order valence-electron chi connectivity index (χ3n) is 3.21. The van der Waals surface area contributed by atoms with Crippen LogP contribution in [0.25, 0.3) is 0 Å². The number of fused-ring (bicyclic) bond motifs is 1. The van der Waals surface area contributed by atoms with E-state index >= 15 is 0 Å². The van der Waals surface area contributed by atoms with Gasteiger partial charge in [-0.2, -0.15) is 0 Å². The van der Waals surface area contributed by atoms with Gasteiger partial charge in [-0.1, -0.05) is 0 Å². The molecule has 2 aliphatic rings. The summed E-state index contributed by atoms with van der Waals surface area (Å²) < 4.78 is 30.7. The third kappa shape index (κ3) is 1.46. The number of rotatable bonds is 2. The second-order valence-corrected chi connectivity index (χ2v) is 4.28. The lowest BCUT2D eigenvalue weighted by Crippen LogP contribution is -2.42. The standard InChI is InChI=1S/C10H15F2NO/c1-14-7-10-2-8(4-11)5-13(10)6-9(12)3-10/h4,9H,2-3,5-7H2,1H3/b8-4-/t9-,10-/m1/s1. The minimum atomic E-state index is -0.786. The number of nitrogens with zero attached hydrogens (tertiary/aromatic N) is 1. The molecule has 2 rings (SSSR count). The number of hydrogen-bond donors (Lipinski definition) is 0. The molecule has 0 aliphatic carbocycles. The molecule has 0 amide bonds. The van der Waals surface area contributed by atoms with Crippen molar-refractivity contribution in [3.8, 4) is 0 Å². The Bertz CT molecular complexity index is 257. The number of alkyl halides is 1. The fourth-order valence-electron chi connectivity index (χ4n) is 2.72. The van der Waals surface area contributed by atoms with Gasteiger partial charge in [-0.05, 0) is 12.0 Å². The van der Waals surface area contributed by atoms with Crippen LogP contribution in [0.3, 0.4) is 0 Å². The highest BCUT2D eigenvalue weighted by molar-refractivity contribution is 5.20. The summed E-state index contributed by atoms with van der Waals surface area (Å²) in [5.41, 5.74) is 0.487. The van der Waals surface area contributed by atoms with Crippen LogP contribution in [0.15, 0.2) is 11.9 Å². The summed E-state index contributed by atoms with van der Waals surface area (Å²) in [4.78, 5) is 2.01. The monoisotopic (exact) mass is 203 g/mol. The maximum atomic E-state index is 13.2. The normalized spacial score (nSPS) is 40.8. The van der Waals surface area contributed by atoms with E-state index in [1.165, 1.54) is 0 Å². The molecule has 2 aliphatic heterocycles. The van der Waals surface area contributed by atoms with Crippen LogP contribution in [0.1, 0.15) is 12.8 Å². The Hall–Kier alpha value is -0.480. The van der Waals surface area contributed by atoms with Crippen LogP contribution in [-0.4, -0.2) is 43.4 Å². The van der Waals surface area contributed by atoms with Crippen molar-refractivity contribution in [2.24, 2.45) is 0 Å². The van der Waals surface area contributed by atoms with E-state index in [1.54, 1.807) is 7.11 Å². The van der Waals surface area contributed by atoms with Gasteiger partial charge in [-0.25, -0.2) is 8.78 Å². The summed E-state index contributed by atoms with van der Waals surface area (Å²) in [5, 5.41) is 0.